The number of carbonyl (C=O) groups is 1. The number of aromatic nitrogens is 1. The molecule has 0 aliphatic carbocycles. The molecule has 33 heavy (non-hydrogen) atoms. The maximum absolute atomic E-state index is 13.8. The summed E-state index contributed by atoms with van der Waals surface area (Å²) in [6, 6.07) is 10.8. The summed E-state index contributed by atoms with van der Waals surface area (Å²) in [6.07, 6.45) is 1.38. The molecule has 3 rings (SSSR count). The quantitative estimate of drug-likeness (QED) is 0.344. The number of nitrogens with one attached hydrogen (secondary N) is 1. The number of nitrogens with zero attached hydrogens (tertiary/aromatic N) is 3. The lowest BCUT2D eigenvalue weighted by Gasteiger charge is -2.20. The summed E-state index contributed by atoms with van der Waals surface area (Å²) in [5.74, 6) is -1.88. The molecule has 0 aliphatic rings. The summed E-state index contributed by atoms with van der Waals surface area (Å²) in [6.45, 7) is 5.23. The van der Waals surface area contributed by atoms with Gasteiger partial charge in [-0.3, -0.25) is 4.79 Å². The van der Waals surface area contributed by atoms with Gasteiger partial charge in [-0.05, 0) is 45.0 Å². The van der Waals surface area contributed by atoms with E-state index < -0.39 is 21.7 Å². The largest absolute Gasteiger partial charge is 0.268 e. The van der Waals surface area contributed by atoms with Gasteiger partial charge in [0, 0.05) is 27.6 Å². The lowest BCUT2D eigenvalue weighted by molar-refractivity contribution is 0.0981. The van der Waals surface area contributed by atoms with Crippen LogP contribution in [-0.4, -0.2) is 37.3 Å². The van der Waals surface area contributed by atoms with Crippen LogP contribution in [0.2, 0.25) is 5.02 Å². The SMILES string of the molecule is CCS(=O)(=O)NC(=O)c1cc(F)ccc1C=NN(c1nc(-c2ccccc2Cl)cs1)C(C)C. The molecule has 1 N–H and O–H groups in total. The van der Waals surface area contributed by atoms with Crippen LogP contribution in [0, 0.1) is 5.82 Å². The Kier molecular flexibility index (Phi) is 7.83. The summed E-state index contributed by atoms with van der Waals surface area (Å²) < 4.78 is 39.3. The van der Waals surface area contributed by atoms with Crippen molar-refractivity contribution in [1.82, 2.24) is 9.71 Å². The number of benzene rings is 2. The number of rotatable bonds is 8. The Morgan fingerprint density at radius 3 is 2.70 bits per heavy atom. The Morgan fingerprint density at radius 2 is 2.03 bits per heavy atom. The van der Waals surface area contributed by atoms with Crippen LogP contribution in [0.4, 0.5) is 9.52 Å². The number of hydrogen-bond donors (Lipinski definition) is 1. The van der Waals surface area contributed by atoms with Gasteiger partial charge in [0.05, 0.1) is 23.2 Å². The van der Waals surface area contributed by atoms with E-state index in [2.05, 4.69) is 10.1 Å². The molecule has 0 atom stereocenters. The number of halogens is 2. The summed E-state index contributed by atoms with van der Waals surface area (Å²) in [4.78, 5) is 17.1. The molecule has 0 spiro atoms. The van der Waals surface area contributed by atoms with E-state index in [1.807, 2.05) is 42.1 Å². The van der Waals surface area contributed by atoms with Crippen molar-refractivity contribution in [3.05, 3.63) is 69.8 Å². The van der Waals surface area contributed by atoms with E-state index in [0.29, 0.717) is 15.8 Å². The van der Waals surface area contributed by atoms with Crippen molar-refractivity contribution in [1.29, 1.82) is 0 Å². The Labute approximate surface area is 201 Å². The van der Waals surface area contributed by atoms with E-state index in [9.17, 15) is 17.6 Å². The Hall–Kier alpha value is -2.82. The molecule has 3 aromatic rings. The zero-order chi connectivity index (χ0) is 24.2. The van der Waals surface area contributed by atoms with E-state index >= 15 is 0 Å². The van der Waals surface area contributed by atoms with Gasteiger partial charge in [0.1, 0.15) is 5.82 Å². The monoisotopic (exact) mass is 508 g/mol. The van der Waals surface area contributed by atoms with Gasteiger partial charge >= 0.3 is 0 Å². The molecule has 1 heterocycles. The lowest BCUT2D eigenvalue weighted by Crippen LogP contribution is -2.32. The maximum atomic E-state index is 13.8. The molecule has 0 aliphatic heterocycles. The molecule has 0 saturated heterocycles. The van der Waals surface area contributed by atoms with Gasteiger partial charge in [-0.25, -0.2) is 27.5 Å². The molecule has 0 unspecified atom stereocenters. The van der Waals surface area contributed by atoms with Crippen molar-refractivity contribution in [3.8, 4) is 11.3 Å². The van der Waals surface area contributed by atoms with E-state index in [4.69, 9.17) is 11.6 Å². The topological polar surface area (TPSA) is 91.7 Å². The van der Waals surface area contributed by atoms with E-state index in [-0.39, 0.29) is 22.9 Å². The second kappa shape index (κ2) is 10.4. The number of carbonyl (C=O) groups excluding carboxylic acids is 1. The fourth-order valence-electron chi connectivity index (χ4n) is 2.80. The molecule has 0 radical (unpaired) electrons. The van der Waals surface area contributed by atoms with Crippen molar-refractivity contribution in [3.63, 3.8) is 0 Å². The van der Waals surface area contributed by atoms with Crippen molar-refractivity contribution in [2.45, 2.75) is 26.8 Å². The van der Waals surface area contributed by atoms with Gasteiger partial charge in [-0.2, -0.15) is 5.10 Å². The Morgan fingerprint density at radius 1 is 1.30 bits per heavy atom. The maximum Gasteiger partial charge on any atom is 0.265 e. The van der Waals surface area contributed by atoms with Crippen molar-refractivity contribution >= 4 is 50.2 Å². The zero-order valence-electron chi connectivity index (χ0n) is 18.1. The Balaban J connectivity index is 1.93. The van der Waals surface area contributed by atoms with E-state index in [1.165, 1.54) is 36.6 Å². The summed E-state index contributed by atoms with van der Waals surface area (Å²) in [7, 11) is -3.81. The second-order valence-electron chi connectivity index (χ2n) is 7.24. The van der Waals surface area contributed by atoms with Gasteiger partial charge in [-0.1, -0.05) is 29.8 Å². The first-order chi connectivity index (χ1) is 15.6. The predicted octanol–water partition coefficient (Wildman–Crippen LogP) is 4.93. The average molecular weight is 509 g/mol. The molecule has 0 bridgehead atoms. The van der Waals surface area contributed by atoms with Crippen LogP contribution >= 0.6 is 22.9 Å². The fourth-order valence-corrected chi connectivity index (χ4v) is 4.48. The van der Waals surface area contributed by atoms with Crippen LogP contribution in [0.5, 0.6) is 0 Å². The highest BCUT2D eigenvalue weighted by Gasteiger charge is 2.19. The average Bonchev–Trinajstić information content (AvgIpc) is 3.24. The molecule has 11 heteroatoms. The lowest BCUT2D eigenvalue weighted by atomic mass is 10.1. The molecule has 1 aromatic heterocycles. The van der Waals surface area contributed by atoms with Gasteiger partial charge < -0.3 is 0 Å². The Bertz CT molecular complexity index is 1290. The first kappa shape index (κ1) is 24.8. The molecule has 0 fully saturated rings. The first-order valence-corrected chi connectivity index (χ1v) is 12.9. The number of thiazole rings is 1. The number of amides is 1. The highest BCUT2D eigenvalue weighted by molar-refractivity contribution is 7.90. The molecule has 0 saturated carbocycles. The van der Waals surface area contributed by atoms with Crippen LogP contribution in [0.25, 0.3) is 11.3 Å². The van der Waals surface area contributed by atoms with Gasteiger partial charge in [-0.15, -0.1) is 11.3 Å². The van der Waals surface area contributed by atoms with Crippen LogP contribution in [0.1, 0.15) is 36.7 Å². The fraction of sp³-hybridized carbons (Fsp3) is 0.227. The van der Waals surface area contributed by atoms with E-state index in [0.717, 1.165) is 11.6 Å². The highest BCUT2D eigenvalue weighted by atomic mass is 35.5. The third-order valence-corrected chi connectivity index (χ3v) is 6.95. The summed E-state index contributed by atoms with van der Waals surface area (Å²) in [5, 5.41) is 9.15. The molecule has 7 nitrogen and oxygen atoms in total. The van der Waals surface area contributed by atoms with Gasteiger partial charge in [0.15, 0.2) is 0 Å². The smallest absolute Gasteiger partial charge is 0.265 e. The third-order valence-electron chi connectivity index (χ3n) is 4.54. The zero-order valence-corrected chi connectivity index (χ0v) is 20.5. The number of sulfonamides is 1. The molecule has 174 valence electrons. The van der Waals surface area contributed by atoms with Crippen molar-refractivity contribution in [2.75, 3.05) is 10.8 Å². The van der Waals surface area contributed by atoms with Crippen LogP contribution in [0.15, 0.2) is 52.9 Å². The normalized spacial score (nSPS) is 11.8. The summed E-state index contributed by atoms with van der Waals surface area (Å²) in [5.41, 5.74) is 1.61. The number of hydrogen-bond acceptors (Lipinski definition) is 7. The third kappa shape index (κ3) is 6.16. The van der Waals surface area contributed by atoms with Crippen LogP contribution in [-0.2, 0) is 10.0 Å². The minimum atomic E-state index is -3.81. The molecule has 1 amide bonds. The first-order valence-electron chi connectivity index (χ1n) is 9.99. The number of anilines is 1. The highest BCUT2D eigenvalue weighted by Crippen LogP contribution is 2.32. The van der Waals surface area contributed by atoms with Crippen molar-refractivity contribution < 1.29 is 17.6 Å². The van der Waals surface area contributed by atoms with Gasteiger partial charge in [0.25, 0.3) is 5.91 Å². The van der Waals surface area contributed by atoms with E-state index in [1.54, 1.807) is 11.1 Å². The minimum Gasteiger partial charge on any atom is -0.268 e. The molecular weight excluding hydrogens is 487 g/mol. The summed E-state index contributed by atoms with van der Waals surface area (Å²) >= 11 is 7.65. The molecule has 2 aromatic carbocycles. The number of hydrazone groups is 1. The van der Waals surface area contributed by atoms with Gasteiger partial charge in [0.2, 0.25) is 15.2 Å². The molecular formula is C22H22ClFN4O3S2. The van der Waals surface area contributed by atoms with Crippen LogP contribution < -0.4 is 9.73 Å². The van der Waals surface area contributed by atoms with Crippen LogP contribution in [0.3, 0.4) is 0 Å². The van der Waals surface area contributed by atoms with Crippen molar-refractivity contribution in [2.24, 2.45) is 5.10 Å². The second-order valence-corrected chi connectivity index (χ2v) is 10.5. The minimum absolute atomic E-state index is 0.0929. The predicted molar refractivity (Wildman–Crippen MR) is 131 cm³/mol. The standard InChI is InChI=1S/C22H22ClFN4O3S2/c1-4-33(30,31)27-21(29)18-11-16(24)10-9-15(18)12-25-28(14(2)3)22-26-20(13-32-22)17-7-5-6-8-19(17)23/h5-14H,4H2,1-3H3,(H,27,29).